The lowest BCUT2D eigenvalue weighted by Crippen LogP contribution is -2.46. The summed E-state index contributed by atoms with van der Waals surface area (Å²) in [5, 5.41) is 11.7. The molecule has 1 saturated heterocycles. The minimum absolute atomic E-state index is 0.0632. The Hall–Kier alpha value is -3.82. The van der Waals surface area contributed by atoms with Crippen LogP contribution < -0.4 is 5.32 Å². The van der Waals surface area contributed by atoms with Crippen molar-refractivity contribution in [3.63, 3.8) is 0 Å². The Bertz CT molecular complexity index is 1930. The van der Waals surface area contributed by atoms with Crippen LogP contribution in [-0.2, 0) is 53.4 Å². The highest BCUT2D eigenvalue weighted by molar-refractivity contribution is 7.88. The van der Waals surface area contributed by atoms with Gasteiger partial charge in [-0.3, -0.25) is 24.5 Å². The average Bonchev–Trinajstić information content (AvgIpc) is 3.54. The third-order valence-electron chi connectivity index (χ3n) is 10.7. The van der Waals surface area contributed by atoms with Crippen LogP contribution >= 0.6 is 0 Å². The minimum atomic E-state index is -3.62. The number of aromatic nitrogens is 2. The number of piperidine rings is 1. The van der Waals surface area contributed by atoms with Crippen LogP contribution in [0, 0.1) is 5.92 Å². The van der Waals surface area contributed by atoms with Gasteiger partial charge in [0.2, 0.25) is 32.4 Å². The summed E-state index contributed by atoms with van der Waals surface area (Å²) in [6.45, 7) is 16.4. The number of hydrogen-bond donors (Lipinski definition) is 2. The maximum absolute atomic E-state index is 12.5. The van der Waals surface area contributed by atoms with E-state index in [9.17, 15) is 40.8 Å². The third kappa shape index (κ3) is 17.0. The molecule has 1 aromatic heterocycles. The fourth-order valence-electron chi connectivity index (χ4n) is 8.01. The van der Waals surface area contributed by atoms with E-state index >= 15 is 0 Å². The van der Waals surface area contributed by atoms with Crippen LogP contribution in [0.3, 0.4) is 0 Å². The summed E-state index contributed by atoms with van der Waals surface area (Å²) in [5.74, 6) is -1.89. The fourth-order valence-corrected chi connectivity index (χ4v) is 10.2. The third-order valence-corrected chi connectivity index (χ3v) is 13.2. The molecule has 2 aliphatic carbocycles. The van der Waals surface area contributed by atoms with Crippen LogP contribution in [0.15, 0.2) is 6.20 Å². The number of anilines is 1. The zero-order valence-corrected chi connectivity index (χ0v) is 40.0. The monoisotopic (exact) mass is 918 g/mol. The van der Waals surface area contributed by atoms with Gasteiger partial charge in [0.15, 0.2) is 0 Å². The molecule has 2 amide bonds. The Kier molecular flexibility index (Phi) is 18.0. The van der Waals surface area contributed by atoms with Gasteiger partial charge >= 0.3 is 24.0 Å². The summed E-state index contributed by atoms with van der Waals surface area (Å²) in [6, 6.07) is -0.586. The van der Waals surface area contributed by atoms with Gasteiger partial charge in [0, 0.05) is 43.3 Å². The lowest BCUT2D eigenvalue weighted by Gasteiger charge is -2.35. The Balaban J connectivity index is 0.000000393. The first kappa shape index (κ1) is 52.5. The van der Waals surface area contributed by atoms with Gasteiger partial charge < -0.3 is 28.8 Å². The van der Waals surface area contributed by atoms with E-state index in [0.717, 1.165) is 22.5 Å². The molecule has 1 aromatic rings. The number of aliphatic carboxylic acids is 1. The number of sulfonamides is 2. The lowest BCUT2D eigenvalue weighted by molar-refractivity contribution is -0.156. The van der Waals surface area contributed by atoms with Crippen molar-refractivity contribution in [3.05, 3.63) is 11.9 Å². The molecule has 4 rings (SSSR count). The van der Waals surface area contributed by atoms with Crippen molar-refractivity contribution in [2.24, 2.45) is 5.92 Å². The molecule has 21 heteroatoms. The molecule has 0 radical (unpaired) electrons. The number of carbonyl (C=O) groups is 5. The van der Waals surface area contributed by atoms with Gasteiger partial charge in [-0.2, -0.15) is 8.61 Å². The molecule has 0 spiro atoms. The number of hydrogen-bond acceptors (Lipinski definition) is 13. The van der Waals surface area contributed by atoms with Crippen LogP contribution in [0.2, 0.25) is 0 Å². The number of rotatable bonds is 13. The first-order valence-electron chi connectivity index (χ1n) is 21.2. The van der Waals surface area contributed by atoms with E-state index in [2.05, 4.69) is 5.32 Å². The number of carboxylic acids is 1. The predicted octanol–water partition coefficient (Wildman–Crippen LogP) is 4.89. The number of nitrogens with zero attached hydrogens (tertiary/aromatic N) is 5. The summed E-state index contributed by atoms with van der Waals surface area (Å²) in [4.78, 5) is 65.5. The zero-order chi connectivity index (χ0) is 47.0. The summed E-state index contributed by atoms with van der Waals surface area (Å²) < 4.78 is 69.4. The Morgan fingerprint density at radius 3 is 1.52 bits per heavy atom. The second-order valence-corrected chi connectivity index (χ2v) is 23.4. The van der Waals surface area contributed by atoms with Crippen molar-refractivity contribution < 1.29 is 60.1 Å². The molecule has 0 atom stereocenters. The number of imidazole rings is 1. The number of carbonyl (C=O) groups excluding carboxylic acids is 4. The van der Waals surface area contributed by atoms with Gasteiger partial charge in [-0.25, -0.2) is 26.6 Å². The van der Waals surface area contributed by atoms with E-state index < -0.39 is 60.7 Å². The molecule has 3 aliphatic rings. The minimum Gasteiger partial charge on any atom is -0.481 e. The first-order chi connectivity index (χ1) is 28.4. The van der Waals surface area contributed by atoms with E-state index in [1.165, 1.54) is 4.31 Å². The highest BCUT2D eigenvalue weighted by atomic mass is 32.2. The van der Waals surface area contributed by atoms with Crippen molar-refractivity contribution >= 4 is 56.4 Å². The molecular formula is C41H70N6O13S2. The van der Waals surface area contributed by atoms with E-state index in [1.54, 1.807) is 46.4 Å². The molecule has 2 heterocycles. The Labute approximate surface area is 367 Å². The quantitative estimate of drug-likeness (QED) is 0.152. The number of esters is 2. The second kappa shape index (κ2) is 21.2. The molecule has 0 bridgehead atoms. The number of nitrogens with one attached hydrogen (secondary N) is 1. The van der Waals surface area contributed by atoms with Gasteiger partial charge in [0.05, 0.1) is 24.1 Å². The highest BCUT2D eigenvalue weighted by Gasteiger charge is 2.37. The Morgan fingerprint density at radius 2 is 1.15 bits per heavy atom. The van der Waals surface area contributed by atoms with Gasteiger partial charge in [-0.05, 0) is 127 Å². The molecule has 0 unspecified atom stereocenters. The summed E-state index contributed by atoms with van der Waals surface area (Å²) >= 11 is 0. The summed E-state index contributed by atoms with van der Waals surface area (Å²) in [5.41, 5.74) is -1.09. The molecule has 0 aromatic carbocycles. The molecule has 3 fully saturated rings. The topological polar surface area (TPSA) is 241 Å². The normalized spacial score (nSPS) is 22.0. The van der Waals surface area contributed by atoms with Crippen molar-refractivity contribution in [2.75, 3.05) is 44.0 Å². The van der Waals surface area contributed by atoms with Crippen LogP contribution in [0.4, 0.5) is 10.7 Å². The van der Waals surface area contributed by atoms with Gasteiger partial charge in [0.1, 0.15) is 29.9 Å². The van der Waals surface area contributed by atoms with Crippen molar-refractivity contribution in [2.45, 2.75) is 167 Å². The molecule has 62 heavy (non-hydrogen) atoms. The SMILES string of the molecule is CC(C)(C)OC(=O)CN([C@H]1CC[C@H](C(=O)O)CC1)S(C)(=O)=O.CC(C)(C)OC(=O)CN([C@H]1CC[C@H](c2cn(C3CCN(C(=O)OC(C)(C)C)CC3)c(NC=O)n2)CC1)S(C)(=O)=O. The second-order valence-electron chi connectivity index (χ2n) is 19.5. The maximum atomic E-state index is 12.5. The average molecular weight is 919 g/mol. The van der Waals surface area contributed by atoms with Crippen LogP contribution in [-0.4, -0.2) is 143 Å². The van der Waals surface area contributed by atoms with Crippen LogP contribution in [0.5, 0.6) is 0 Å². The van der Waals surface area contributed by atoms with Gasteiger partial charge in [-0.1, -0.05) is 0 Å². The van der Waals surface area contributed by atoms with Crippen LogP contribution in [0.1, 0.15) is 144 Å². The number of ether oxygens (including phenoxy) is 3. The standard InChI is InChI=1S/C27H45N5O7S.C14H25NO6S/c1-26(2,3)38-23(34)17-32(40(7,36)37)21-10-8-19(9-11-21)22-16-31(24(29-22)28-18-33)20-12-14-30(15-13-20)25(35)39-27(4,5)6;1-14(2,3)21-12(16)9-15(22(4,19)20)11-7-5-10(6-8-11)13(17)18/h16,18-21H,8-15,17H2,1-7H3,(H,28,29,33);10-11H,5-9H2,1-4H3,(H,17,18)/t19-,21-;10-,11-. The number of amides is 2. The fraction of sp³-hybridized carbons (Fsp3) is 0.805. The first-order valence-corrected chi connectivity index (χ1v) is 24.9. The van der Waals surface area contributed by atoms with Crippen molar-refractivity contribution in [1.82, 2.24) is 23.1 Å². The maximum Gasteiger partial charge on any atom is 0.410 e. The van der Waals surface area contributed by atoms with E-state index in [1.807, 2.05) is 31.5 Å². The number of likely N-dealkylation sites (tertiary alicyclic amines) is 1. The lowest BCUT2D eigenvalue weighted by atomic mass is 9.84. The predicted molar refractivity (Wildman–Crippen MR) is 231 cm³/mol. The Morgan fingerprint density at radius 1 is 0.726 bits per heavy atom. The number of carboxylic acid groups (broad SMARTS) is 1. The van der Waals surface area contributed by atoms with Gasteiger partial charge in [0.25, 0.3) is 0 Å². The van der Waals surface area contributed by atoms with Crippen LogP contribution in [0.25, 0.3) is 0 Å². The molecule has 1 aliphatic heterocycles. The van der Waals surface area contributed by atoms with E-state index in [0.29, 0.717) is 89.7 Å². The molecule has 2 saturated carbocycles. The molecular weight excluding hydrogens is 849 g/mol. The smallest absolute Gasteiger partial charge is 0.410 e. The zero-order valence-electron chi connectivity index (χ0n) is 38.3. The van der Waals surface area contributed by atoms with Crippen molar-refractivity contribution in [3.8, 4) is 0 Å². The van der Waals surface area contributed by atoms with Crippen molar-refractivity contribution in [1.29, 1.82) is 0 Å². The molecule has 19 nitrogen and oxygen atoms in total. The molecule has 354 valence electrons. The largest absolute Gasteiger partial charge is 0.481 e. The summed E-state index contributed by atoms with van der Waals surface area (Å²) in [7, 11) is -7.18. The highest BCUT2D eigenvalue weighted by Crippen LogP contribution is 2.37. The van der Waals surface area contributed by atoms with E-state index in [-0.39, 0.29) is 43.2 Å². The van der Waals surface area contributed by atoms with E-state index in [4.69, 9.17) is 24.3 Å². The summed E-state index contributed by atoms with van der Waals surface area (Å²) in [6.07, 6.45) is 10.1. The van der Waals surface area contributed by atoms with Gasteiger partial charge in [-0.15, -0.1) is 0 Å². The molecule has 2 N–H and O–H groups in total.